The van der Waals surface area contributed by atoms with Crippen molar-refractivity contribution >= 4 is 11.7 Å². The van der Waals surface area contributed by atoms with Gasteiger partial charge in [0.2, 0.25) is 5.88 Å². The van der Waals surface area contributed by atoms with E-state index in [9.17, 15) is 4.79 Å². The third-order valence-electron chi connectivity index (χ3n) is 1.14. The minimum Gasteiger partial charge on any atom is -0.403 e. The molecule has 1 aromatic heterocycles. The van der Waals surface area contributed by atoms with Crippen molar-refractivity contribution in [2.75, 3.05) is 12.3 Å². The van der Waals surface area contributed by atoms with Crippen LogP contribution in [0.3, 0.4) is 0 Å². The van der Waals surface area contributed by atoms with Crippen molar-refractivity contribution in [1.29, 1.82) is 0 Å². The summed E-state index contributed by atoms with van der Waals surface area (Å²) in [5, 5.41) is 8.34. The van der Waals surface area contributed by atoms with Gasteiger partial charge in [-0.25, -0.2) is 9.78 Å². The van der Waals surface area contributed by atoms with Gasteiger partial charge in [-0.3, -0.25) is 0 Å². The first-order chi connectivity index (χ1) is 5.74. The number of ether oxygens (including phenoxy) is 1. The van der Waals surface area contributed by atoms with Crippen molar-refractivity contribution in [3.63, 3.8) is 0 Å². The van der Waals surface area contributed by atoms with Crippen LogP contribution in [0.4, 0.5) is 5.69 Å². The molecule has 0 radical (unpaired) electrons. The first kappa shape index (κ1) is 8.48. The van der Waals surface area contributed by atoms with Gasteiger partial charge in [0.15, 0.2) is 0 Å². The Balaban J connectivity index is 2.75. The Morgan fingerprint density at radius 1 is 1.75 bits per heavy atom. The second-order valence-corrected chi connectivity index (χ2v) is 2.03. The van der Waals surface area contributed by atoms with Gasteiger partial charge < -0.3 is 15.6 Å². The van der Waals surface area contributed by atoms with Crippen LogP contribution in [-0.4, -0.2) is 22.7 Å². The van der Waals surface area contributed by atoms with E-state index >= 15 is 0 Å². The predicted octanol–water partition coefficient (Wildman–Crippen LogP) is -0.439. The normalized spacial score (nSPS) is 9.42. The molecule has 1 heterocycles. The Kier molecular flexibility index (Phi) is 2.60. The molecule has 0 saturated carbocycles. The number of aliphatic hydroxyl groups excluding tert-OH is 1. The smallest absolute Gasteiger partial charge is 0.338 e. The molecule has 5 heteroatoms. The second-order valence-electron chi connectivity index (χ2n) is 2.03. The third-order valence-corrected chi connectivity index (χ3v) is 1.14. The summed E-state index contributed by atoms with van der Waals surface area (Å²) in [5.41, 5.74) is 5.67. The van der Waals surface area contributed by atoms with Crippen LogP contribution in [0, 0.1) is 0 Å². The minimum absolute atomic E-state index is 0.0246. The summed E-state index contributed by atoms with van der Waals surface area (Å²) < 4.78 is 4.57. The summed E-state index contributed by atoms with van der Waals surface area (Å²) in [6.07, 6.45) is 1.44. The molecule has 1 aromatic rings. The number of hydrogen-bond acceptors (Lipinski definition) is 5. The molecule has 3 N–H and O–H groups in total. The molecule has 0 atom stereocenters. The molecule has 0 fully saturated rings. The molecule has 0 aliphatic carbocycles. The summed E-state index contributed by atoms with van der Waals surface area (Å²) in [4.78, 5) is 14.3. The van der Waals surface area contributed by atoms with Crippen molar-refractivity contribution < 1.29 is 14.6 Å². The van der Waals surface area contributed by atoms with Gasteiger partial charge >= 0.3 is 5.97 Å². The Morgan fingerprint density at radius 2 is 2.50 bits per heavy atom. The average Bonchev–Trinajstić information content (AvgIpc) is 2.09. The lowest BCUT2D eigenvalue weighted by atomic mass is 10.4. The van der Waals surface area contributed by atoms with E-state index in [-0.39, 0.29) is 11.6 Å². The molecular formula is C7H8N2O3. The second kappa shape index (κ2) is 3.68. The number of carbonyl (C=O) groups excluding carboxylic acids is 1. The third kappa shape index (κ3) is 1.93. The van der Waals surface area contributed by atoms with Gasteiger partial charge in [-0.2, -0.15) is 0 Å². The van der Waals surface area contributed by atoms with Crippen LogP contribution in [0.15, 0.2) is 18.3 Å². The first-order valence-corrected chi connectivity index (χ1v) is 3.26. The Morgan fingerprint density at radius 3 is 3.08 bits per heavy atom. The Bertz CT molecular complexity index is 288. The molecule has 0 saturated heterocycles. The maximum Gasteiger partial charge on any atom is 0.338 e. The fraction of sp³-hybridized carbons (Fsp3) is 0.143. The lowest BCUT2D eigenvalue weighted by Gasteiger charge is -2.02. The van der Waals surface area contributed by atoms with Crippen LogP contribution in [0.25, 0.3) is 0 Å². The van der Waals surface area contributed by atoms with E-state index < -0.39 is 12.6 Å². The molecule has 0 aromatic carbocycles. The highest BCUT2D eigenvalue weighted by Crippen LogP contribution is 2.15. The largest absolute Gasteiger partial charge is 0.403 e. The standard InChI is InChI=1S/C7H8N2O3/c8-5-2-1-3-9-7(5)12-6(11)4-10/h1-3,10H,4,8H2. The quantitative estimate of drug-likeness (QED) is 0.585. The number of pyridine rings is 1. The zero-order valence-electron chi connectivity index (χ0n) is 6.23. The predicted molar refractivity (Wildman–Crippen MR) is 41.4 cm³/mol. The number of nitrogens with zero attached hydrogens (tertiary/aromatic N) is 1. The highest BCUT2D eigenvalue weighted by molar-refractivity contribution is 5.74. The monoisotopic (exact) mass is 168 g/mol. The molecule has 64 valence electrons. The van der Waals surface area contributed by atoms with Crippen LogP contribution < -0.4 is 10.5 Å². The summed E-state index contributed by atoms with van der Waals surface area (Å²) in [6, 6.07) is 3.17. The van der Waals surface area contributed by atoms with Crippen molar-refractivity contribution in [3.05, 3.63) is 18.3 Å². The van der Waals surface area contributed by atoms with Crippen molar-refractivity contribution in [2.45, 2.75) is 0 Å². The number of nitrogens with two attached hydrogens (primary N) is 1. The van der Waals surface area contributed by atoms with Crippen LogP contribution in [-0.2, 0) is 4.79 Å². The molecule has 0 spiro atoms. The van der Waals surface area contributed by atoms with E-state index in [0.717, 1.165) is 0 Å². The molecule has 1 rings (SSSR count). The van der Waals surface area contributed by atoms with E-state index in [1.165, 1.54) is 6.20 Å². The number of anilines is 1. The van der Waals surface area contributed by atoms with Crippen LogP contribution in [0.5, 0.6) is 5.88 Å². The molecule has 12 heavy (non-hydrogen) atoms. The van der Waals surface area contributed by atoms with Gasteiger partial charge in [0.05, 0.1) is 5.69 Å². The van der Waals surface area contributed by atoms with Gasteiger partial charge in [0, 0.05) is 6.20 Å². The number of esters is 1. The number of aliphatic hydroxyl groups is 1. The molecule has 0 unspecified atom stereocenters. The molecule has 0 amide bonds. The Hall–Kier alpha value is -1.62. The molecule has 5 nitrogen and oxygen atoms in total. The first-order valence-electron chi connectivity index (χ1n) is 3.26. The lowest BCUT2D eigenvalue weighted by molar-refractivity contribution is -0.137. The minimum atomic E-state index is -0.777. The zero-order valence-corrected chi connectivity index (χ0v) is 6.23. The maximum atomic E-state index is 10.6. The lowest BCUT2D eigenvalue weighted by Crippen LogP contribution is -2.13. The van der Waals surface area contributed by atoms with Gasteiger partial charge in [0.25, 0.3) is 0 Å². The molecule has 0 bridgehead atoms. The summed E-state index contributed by atoms with van der Waals surface area (Å²) in [5.74, 6) is -0.753. The summed E-state index contributed by atoms with van der Waals surface area (Å²) >= 11 is 0. The number of rotatable bonds is 2. The van der Waals surface area contributed by atoms with Crippen molar-refractivity contribution in [3.8, 4) is 5.88 Å². The average molecular weight is 168 g/mol. The highest BCUT2D eigenvalue weighted by Gasteiger charge is 2.05. The van der Waals surface area contributed by atoms with Gasteiger partial charge in [-0.15, -0.1) is 0 Å². The van der Waals surface area contributed by atoms with Crippen molar-refractivity contribution in [1.82, 2.24) is 4.98 Å². The van der Waals surface area contributed by atoms with Crippen LogP contribution >= 0.6 is 0 Å². The summed E-state index contributed by atoms with van der Waals surface area (Å²) in [6.45, 7) is -0.685. The van der Waals surface area contributed by atoms with E-state index in [2.05, 4.69) is 9.72 Å². The summed E-state index contributed by atoms with van der Waals surface area (Å²) in [7, 11) is 0. The van der Waals surface area contributed by atoms with Gasteiger partial charge in [-0.05, 0) is 12.1 Å². The number of hydrogen-bond donors (Lipinski definition) is 2. The van der Waals surface area contributed by atoms with Crippen molar-refractivity contribution in [2.24, 2.45) is 0 Å². The number of aromatic nitrogens is 1. The van der Waals surface area contributed by atoms with Crippen LogP contribution in [0.2, 0.25) is 0 Å². The van der Waals surface area contributed by atoms with E-state index in [4.69, 9.17) is 10.8 Å². The van der Waals surface area contributed by atoms with Gasteiger partial charge in [-0.1, -0.05) is 0 Å². The number of nitrogen functional groups attached to an aromatic ring is 1. The van der Waals surface area contributed by atoms with E-state index in [1.807, 2.05) is 0 Å². The topological polar surface area (TPSA) is 85.4 Å². The zero-order chi connectivity index (χ0) is 8.97. The maximum absolute atomic E-state index is 10.6. The number of carbonyl (C=O) groups is 1. The van der Waals surface area contributed by atoms with E-state index in [0.29, 0.717) is 0 Å². The van der Waals surface area contributed by atoms with Crippen LogP contribution in [0.1, 0.15) is 0 Å². The van der Waals surface area contributed by atoms with Gasteiger partial charge in [0.1, 0.15) is 6.61 Å². The fourth-order valence-corrected chi connectivity index (χ4v) is 0.629. The highest BCUT2D eigenvalue weighted by atomic mass is 16.6. The molecule has 0 aliphatic rings. The SMILES string of the molecule is Nc1cccnc1OC(=O)CO. The molecular weight excluding hydrogens is 160 g/mol. The Labute approximate surface area is 68.8 Å². The van der Waals surface area contributed by atoms with E-state index in [1.54, 1.807) is 12.1 Å². The molecule has 0 aliphatic heterocycles. The fourth-order valence-electron chi connectivity index (χ4n) is 0.629.